The lowest BCUT2D eigenvalue weighted by molar-refractivity contribution is 0.295. The van der Waals surface area contributed by atoms with Crippen LogP contribution in [0.25, 0.3) is 0 Å². The number of rotatable bonds is 3. The SMILES string of the molecule is Nc1cncnc1OCc1ccc(Cl)cc1. The number of anilines is 1. The summed E-state index contributed by atoms with van der Waals surface area (Å²) < 4.78 is 5.44. The van der Waals surface area contributed by atoms with Gasteiger partial charge in [0.2, 0.25) is 5.88 Å². The molecule has 82 valence electrons. The molecule has 0 aliphatic rings. The van der Waals surface area contributed by atoms with Gasteiger partial charge < -0.3 is 10.5 Å². The van der Waals surface area contributed by atoms with Gasteiger partial charge in [0, 0.05) is 5.02 Å². The molecule has 1 aromatic heterocycles. The summed E-state index contributed by atoms with van der Waals surface area (Å²) in [5.41, 5.74) is 7.07. The van der Waals surface area contributed by atoms with E-state index >= 15 is 0 Å². The normalized spacial score (nSPS) is 10.1. The zero-order valence-corrected chi connectivity index (χ0v) is 9.19. The first-order valence-electron chi connectivity index (χ1n) is 4.68. The number of nitrogens with two attached hydrogens (primary N) is 1. The molecule has 4 nitrogen and oxygen atoms in total. The number of hydrogen-bond donors (Lipinski definition) is 1. The number of nitrogens with zero attached hydrogens (tertiary/aromatic N) is 2. The van der Waals surface area contributed by atoms with Crippen LogP contribution >= 0.6 is 11.6 Å². The highest BCUT2D eigenvalue weighted by Crippen LogP contribution is 2.17. The molecule has 0 fully saturated rings. The van der Waals surface area contributed by atoms with Gasteiger partial charge in [0.25, 0.3) is 0 Å². The van der Waals surface area contributed by atoms with Crippen LogP contribution in [-0.2, 0) is 6.61 Å². The van der Waals surface area contributed by atoms with Gasteiger partial charge in [0.1, 0.15) is 18.6 Å². The molecule has 0 atom stereocenters. The second-order valence-corrected chi connectivity index (χ2v) is 3.63. The summed E-state index contributed by atoms with van der Waals surface area (Å²) in [4.78, 5) is 7.70. The smallest absolute Gasteiger partial charge is 0.240 e. The zero-order chi connectivity index (χ0) is 11.4. The summed E-state index contributed by atoms with van der Waals surface area (Å²) in [6.45, 7) is 0.401. The van der Waals surface area contributed by atoms with Crippen LogP contribution in [0, 0.1) is 0 Å². The lowest BCUT2D eigenvalue weighted by atomic mass is 10.2. The van der Waals surface area contributed by atoms with Gasteiger partial charge in [0.15, 0.2) is 0 Å². The quantitative estimate of drug-likeness (QED) is 0.887. The molecule has 0 aliphatic carbocycles. The Morgan fingerprint density at radius 3 is 2.69 bits per heavy atom. The van der Waals surface area contributed by atoms with Crippen LogP contribution < -0.4 is 10.5 Å². The number of ether oxygens (including phenoxy) is 1. The Morgan fingerprint density at radius 2 is 2.00 bits per heavy atom. The van der Waals surface area contributed by atoms with E-state index in [4.69, 9.17) is 22.1 Å². The Bertz CT molecular complexity index is 473. The molecule has 16 heavy (non-hydrogen) atoms. The van der Waals surface area contributed by atoms with Crippen LogP contribution in [0.2, 0.25) is 5.02 Å². The monoisotopic (exact) mass is 235 g/mol. The Labute approximate surface area is 98.0 Å². The van der Waals surface area contributed by atoms with Gasteiger partial charge in [0.05, 0.1) is 6.20 Å². The highest BCUT2D eigenvalue weighted by atomic mass is 35.5. The molecular formula is C11H10ClN3O. The van der Waals surface area contributed by atoms with Crippen LogP contribution in [0.4, 0.5) is 5.69 Å². The van der Waals surface area contributed by atoms with E-state index in [2.05, 4.69) is 9.97 Å². The largest absolute Gasteiger partial charge is 0.471 e. The molecule has 0 radical (unpaired) electrons. The van der Waals surface area contributed by atoms with E-state index < -0.39 is 0 Å². The summed E-state index contributed by atoms with van der Waals surface area (Å²) in [6.07, 6.45) is 2.90. The van der Waals surface area contributed by atoms with Crippen molar-refractivity contribution < 1.29 is 4.74 Å². The van der Waals surface area contributed by atoms with Gasteiger partial charge in [-0.15, -0.1) is 0 Å². The first kappa shape index (κ1) is 10.7. The van der Waals surface area contributed by atoms with E-state index in [-0.39, 0.29) is 0 Å². The van der Waals surface area contributed by atoms with Crippen molar-refractivity contribution in [2.75, 3.05) is 5.73 Å². The molecule has 0 saturated heterocycles. The fraction of sp³-hybridized carbons (Fsp3) is 0.0909. The van der Waals surface area contributed by atoms with Crippen LogP contribution in [-0.4, -0.2) is 9.97 Å². The highest BCUT2D eigenvalue weighted by molar-refractivity contribution is 6.30. The molecule has 2 rings (SSSR count). The predicted molar refractivity (Wildman–Crippen MR) is 62.2 cm³/mol. The van der Waals surface area contributed by atoms with Crippen molar-refractivity contribution in [3.05, 3.63) is 47.4 Å². The molecule has 1 heterocycles. The van der Waals surface area contributed by atoms with Gasteiger partial charge in [-0.2, -0.15) is 4.98 Å². The number of hydrogen-bond acceptors (Lipinski definition) is 4. The Hall–Kier alpha value is -1.81. The minimum Gasteiger partial charge on any atom is -0.471 e. The van der Waals surface area contributed by atoms with Gasteiger partial charge in [-0.1, -0.05) is 23.7 Å². The van der Waals surface area contributed by atoms with Gasteiger partial charge in [-0.3, -0.25) is 0 Å². The second-order valence-electron chi connectivity index (χ2n) is 3.20. The lowest BCUT2D eigenvalue weighted by Gasteiger charge is -2.06. The molecular weight excluding hydrogens is 226 g/mol. The van der Waals surface area contributed by atoms with E-state index in [0.29, 0.717) is 23.2 Å². The third-order valence-corrected chi connectivity index (χ3v) is 2.24. The molecule has 0 aliphatic heterocycles. The number of benzene rings is 1. The summed E-state index contributed by atoms with van der Waals surface area (Å²) in [7, 11) is 0. The molecule has 0 bridgehead atoms. The summed E-state index contributed by atoms with van der Waals surface area (Å²) in [5, 5.41) is 0.699. The first-order valence-corrected chi connectivity index (χ1v) is 5.06. The molecule has 0 saturated carbocycles. The Balaban J connectivity index is 2.02. The summed E-state index contributed by atoms with van der Waals surface area (Å²) in [6, 6.07) is 7.40. The molecule has 0 amide bonds. The molecule has 1 aromatic carbocycles. The first-order chi connectivity index (χ1) is 7.75. The molecule has 5 heteroatoms. The number of aromatic nitrogens is 2. The van der Waals surface area contributed by atoms with E-state index in [1.165, 1.54) is 12.5 Å². The van der Waals surface area contributed by atoms with Crippen molar-refractivity contribution in [1.29, 1.82) is 0 Å². The van der Waals surface area contributed by atoms with Gasteiger partial charge in [-0.05, 0) is 17.7 Å². The lowest BCUT2D eigenvalue weighted by Crippen LogP contribution is -2.01. The van der Waals surface area contributed by atoms with Crippen molar-refractivity contribution >= 4 is 17.3 Å². The predicted octanol–water partition coefficient (Wildman–Crippen LogP) is 2.29. The van der Waals surface area contributed by atoms with Crippen molar-refractivity contribution in [1.82, 2.24) is 9.97 Å². The second kappa shape index (κ2) is 4.81. The van der Waals surface area contributed by atoms with E-state index in [9.17, 15) is 0 Å². The molecule has 0 spiro atoms. The molecule has 2 aromatic rings. The van der Waals surface area contributed by atoms with Gasteiger partial charge >= 0.3 is 0 Å². The van der Waals surface area contributed by atoms with E-state index in [1.807, 2.05) is 24.3 Å². The van der Waals surface area contributed by atoms with Crippen molar-refractivity contribution in [3.63, 3.8) is 0 Å². The van der Waals surface area contributed by atoms with Gasteiger partial charge in [-0.25, -0.2) is 4.98 Å². The molecule has 0 unspecified atom stereocenters. The van der Waals surface area contributed by atoms with E-state index in [1.54, 1.807) is 0 Å². The Morgan fingerprint density at radius 1 is 1.25 bits per heavy atom. The average molecular weight is 236 g/mol. The fourth-order valence-corrected chi connectivity index (χ4v) is 1.31. The van der Waals surface area contributed by atoms with Crippen molar-refractivity contribution in [3.8, 4) is 5.88 Å². The molecule has 2 N–H and O–H groups in total. The maximum Gasteiger partial charge on any atom is 0.240 e. The summed E-state index contributed by atoms with van der Waals surface area (Å²) in [5.74, 6) is 0.393. The van der Waals surface area contributed by atoms with E-state index in [0.717, 1.165) is 5.56 Å². The third-order valence-electron chi connectivity index (χ3n) is 1.99. The summed E-state index contributed by atoms with van der Waals surface area (Å²) >= 11 is 5.77. The standard InChI is InChI=1S/C11H10ClN3O/c12-9-3-1-8(2-4-9)6-16-11-10(13)5-14-7-15-11/h1-5,7H,6,13H2. The van der Waals surface area contributed by atoms with Crippen LogP contribution in [0.15, 0.2) is 36.8 Å². The average Bonchev–Trinajstić information content (AvgIpc) is 2.30. The highest BCUT2D eigenvalue weighted by Gasteiger charge is 2.01. The van der Waals surface area contributed by atoms with Crippen molar-refractivity contribution in [2.45, 2.75) is 6.61 Å². The maximum absolute atomic E-state index is 5.77. The van der Waals surface area contributed by atoms with Crippen LogP contribution in [0.5, 0.6) is 5.88 Å². The minimum atomic E-state index is 0.393. The zero-order valence-electron chi connectivity index (χ0n) is 8.43. The number of nitrogen functional groups attached to an aromatic ring is 1. The third kappa shape index (κ3) is 2.61. The van der Waals surface area contributed by atoms with Crippen LogP contribution in [0.1, 0.15) is 5.56 Å². The number of halogens is 1. The Kier molecular flexibility index (Phi) is 3.22. The maximum atomic E-state index is 5.77. The topological polar surface area (TPSA) is 61.0 Å². The minimum absolute atomic E-state index is 0.393. The van der Waals surface area contributed by atoms with Crippen LogP contribution in [0.3, 0.4) is 0 Å². The van der Waals surface area contributed by atoms with Crippen molar-refractivity contribution in [2.24, 2.45) is 0 Å². The fourth-order valence-electron chi connectivity index (χ4n) is 1.18.